The van der Waals surface area contributed by atoms with Crippen molar-refractivity contribution in [1.82, 2.24) is 14.7 Å². The van der Waals surface area contributed by atoms with Gasteiger partial charge in [0.25, 0.3) is 5.91 Å². The summed E-state index contributed by atoms with van der Waals surface area (Å²) in [5.41, 5.74) is 4.75. The molecular weight excluding hydrogens is 418 g/mol. The largest absolute Gasteiger partial charge is 0.487 e. The van der Waals surface area contributed by atoms with Gasteiger partial charge >= 0.3 is 6.03 Å². The van der Waals surface area contributed by atoms with Crippen LogP contribution in [0.5, 0.6) is 5.75 Å². The molecule has 1 aliphatic rings. The lowest BCUT2D eigenvalue weighted by Crippen LogP contribution is -2.27. The summed E-state index contributed by atoms with van der Waals surface area (Å²) in [6.45, 7) is 3.60. The Hall–Kier alpha value is -4.33. The number of aromatic nitrogens is 2. The van der Waals surface area contributed by atoms with Gasteiger partial charge in [0, 0.05) is 42.4 Å². The molecule has 3 heterocycles. The van der Waals surface area contributed by atoms with Gasteiger partial charge in [0.2, 0.25) is 0 Å². The van der Waals surface area contributed by atoms with Crippen molar-refractivity contribution >= 4 is 29.0 Å². The predicted octanol–water partition coefficient (Wildman–Crippen LogP) is 4.00. The first-order valence-electron chi connectivity index (χ1n) is 10.7. The fourth-order valence-corrected chi connectivity index (χ4v) is 3.76. The molecule has 0 atom stereocenters. The first-order chi connectivity index (χ1) is 16.0. The zero-order chi connectivity index (χ0) is 22.8. The predicted molar refractivity (Wildman–Crippen MR) is 126 cm³/mol. The number of rotatable bonds is 6. The monoisotopic (exact) mass is 441 g/mol. The Labute approximate surface area is 190 Å². The number of nitrogens with zero attached hydrogens (tertiary/aromatic N) is 3. The maximum absolute atomic E-state index is 12.7. The quantitative estimate of drug-likeness (QED) is 0.473. The Bertz CT molecular complexity index is 1330. The lowest BCUT2D eigenvalue weighted by molar-refractivity contribution is 0.102. The molecule has 2 N–H and O–H groups in total. The number of pyridine rings is 1. The van der Waals surface area contributed by atoms with Crippen molar-refractivity contribution in [2.24, 2.45) is 0 Å². The van der Waals surface area contributed by atoms with E-state index >= 15 is 0 Å². The highest BCUT2D eigenvalue weighted by molar-refractivity contribution is 6.04. The SMILES string of the molecule is Cc1ccc2nc(COc3cccc(C(=O)Nc4ccc(N5CCNC5=O)cc4)c3)cn2c1. The van der Waals surface area contributed by atoms with E-state index in [1.165, 1.54) is 0 Å². The standard InChI is InChI=1S/C25H23N5O3/c1-17-5-10-23-27-20(15-29(23)14-17)16-33-22-4-2-3-18(13-22)24(31)28-19-6-8-21(9-7-19)30-12-11-26-25(30)32/h2-10,13-15H,11-12,16H2,1H3,(H,26,32)(H,28,31). The maximum atomic E-state index is 12.7. The van der Waals surface area contributed by atoms with Gasteiger partial charge in [-0.25, -0.2) is 9.78 Å². The zero-order valence-electron chi connectivity index (χ0n) is 18.1. The number of aryl methyl sites for hydroxylation is 1. The van der Waals surface area contributed by atoms with Crippen LogP contribution in [0.15, 0.2) is 73.1 Å². The molecule has 8 heteroatoms. The second-order valence-corrected chi connectivity index (χ2v) is 7.91. The first-order valence-corrected chi connectivity index (χ1v) is 10.7. The van der Waals surface area contributed by atoms with Crippen LogP contribution < -0.4 is 20.3 Å². The van der Waals surface area contributed by atoms with E-state index in [0.717, 1.165) is 22.6 Å². The summed E-state index contributed by atoms with van der Waals surface area (Å²) in [6.07, 6.45) is 3.96. The molecule has 2 aromatic heterocycles. The number of imidazole rings is 1. The van der Waals surface area contributed by atoms with Crippen molar-refractivity contribution < 1.29 is 14.3 Å². The van der Waals surface area contributed by atoms with E-state index in [0.29, 0.717) is 36.7 Å². The van der Waals surface area contributed by atoms with Crippen LogP contribution in [0.3, 0.4) is 0 Å². The lowest BCUT2D eigenvalue weighted by atomic mass is 10.2. The molecule has 8 nitrogen and oxygen atoms in total. The fourth-order valence-electron chi connectivity index (χ4n) is 3.76. The number of hydrogen-bond donors (Lipinski definition) is 2. The van der Waals surface area contributed by atoms with Crippen molar-refractivity contribution in [3.63, 3.8) is 0 Å². The minimum atomic E-state index is -0.240. The molecule has 0 spiro atoms. The molecule has 2 aromatic carbocycles. The Kier molecular flexibility index (Phi) is 5.40. The smallest absolute Gasteiger partial charge is 0.321 e. The summed E-state index contributed by atoms with van der Waals surface area (Å²) < 4.78 is 7.85. The van der Waals surface area contributed by atoms with Crippen LogP contribution in [0.4, 0.5) is 16.2 Å². The third-order valence-electron chi connectivity index (χ3n) is 5.43. The molecule has 0 radical (unpaired) electrons. The summed E-state index contributed by atoms with van der Waals surface area (Å²) in [4.78, 5) is 30.7. The Balaban J connectivity index is 1.22. The molecule has 1 saturated heterocycles. The van der Waals surface area contributed by atoms with Gasteiger partial charge in [0.1, 0.15) is 18.0 Å². The summed E-state index contributed by atoms with van der Waals surface area (Å²) in [5, 5.41) is 5.65. The number of amides is 3. The van der Waals surface area contributed by atoms with Crippen molar-refractivity contribution in [2.75, 3.05) is 23.3 Å². The van der Waals surface area contributed by atoms with Crippen LogP contribution in [-0.2, 0) is 6.61 Å². The van der Waals surface area contributed by atoms with Crippen LogP contribution >= 0.6 is 0 Å². The van der Waals surface area contributed by atoms with Crippen LogP contribution in [0.25, 0.3) is 5.65 Å². The summed E-state index contributed by atoms with van der Waals surface area (Å²) in [7, 11) is 0. The molecule has 0 unspecified atom stereocenters. The van der Waals surface area contributed by atoms with Gasteiger partial charge in [-0.2, -0.15) is 0 Å². The van der Waals surface area contributed by atoms with Gasteiger partial charge < -0.3 is 19.8 Å². The second-order valence-electron chi connectivity index (χ2n) is 7.91. The number of benzene rings is 2. The number of carbonyl (C=O) groups excluding carboxylic acids is 2. The molecule has 4 aromatic rings. The Morgan fingerprint density at radius 1 is 1.12 bits per heavy atom. The highest BCUT2D eigenvalue weighted by atomic mass is 16.5. The molecule has 166 valence electrons. The number of nitrogens with one attached hydrogen (secondary N) is 2. The number of hydrogen-bond acceptors (Lipinski definition) is 4. The van der Waals surface area contributed by atoms with Crippen molar-refractivity contribution in [3.05, 3.63) is 89.9 Å². The van der Waals surface area contributed by atoms with Crippen molar-refractivity contribution in [3.8, 4) is 5.75 Å². The normalized spacial score (nSPS) is 13.2. The molecule has 33 heavy (non-hydrogen) atoms. The van der Waals surface area contributed by atoms with Crippen LogP contribution in [-0.4, -0.2) is 34.4 Å². The third-order valence-corrected chi connectivity index (χ3v) is 5.43. The van der Waals surface area contributed by atoms with E-state index < -0.39 is 0 Å². The average Bonchev–Trinajstić information content (AvgIpc) is 3.43. The van der Waals surface area contributed by atoms with E-state index in [9.17, 15) is 9.59 Å². The van der Waals surface area contributed by atoms with Crippen molar-refractivity contribution in [1.29, 1.82) is 0 Å². The van der Waals surface area contributed by atoms with E-state index in [1.807, 2.05) is 54.0 Å². The molecule has 5 rings (SSSR count). The molecule has 1 fully saturated rings. The van der Waals surface area contributed by atoms with Crippen LogP contribution in [0.2, 0.25) is 0 Å². The van der Waals surface area contributed by atoms with Gasteiger partial charge in [-0.05, 0) is 61.0 Å². The van der Waals surface area contributed by atoms with Gasteiger partial charge in [-0.3, -0.25) is 9.69 Å². The van der Waals surface area contributed by atoms with E-state index in [2.05, 4.69) is 15.6 Å². The second kappa shape index (κ2) is 8.66. The number of anilines is 2. The highest BCUT2D eigenvalue weighted by Crippen LogP contribution is 2.21. The van der Waals surface area contributed by atoms with E-state index in [1.54, 1.807) is 35.2 Å². The minimum absolute atomic E-state index is 0.109. The molecule has 0 saturated carbocycles. The van der Waals surface area contributed by atoms with E-state index in [4.69, 9.17) is 4.74 Å². The maximum Gasteiger partial charge on any atom is 0.321 e. The highest BCUT2D eigenvalue weighted by Gasteiger charge is 2.20. The van der Waals surface area contributed by atoms with Crippen molar-refractivity contribution in [2.45, 2.75) is 13.5 Å². The summed E-state index contributed by atoms with van der Waals surface area (Å²) in [6, 6.07) is 18.1. The van der Waals surface area contributed by atoms with Gasteiger partial charge in [0.15, 0.2) is 0 Å². The van der Waals surface area contributed by atoms with Gasteiger partial charge in [0.05, 0.1) is 5.69 Å². The minimum Gasteiger partial charge on any atom is -0.487 e. The first kappa shape index (κ1) is 20.6. The molecule has 0 bridgehead atoms. The topological polar surface area (TPSA) is 88.0 Å². The molecule has 1 aliphatic heterocycles. The summed E-state index contributed by atoms with van der Waals surface area (Å²) in [5.74, 6) is 0.349. The van der Waals surface area contributed by atoms with Gasteiger partial charge in [-0.15, -0.1) is 0 Å². The molecular formula is C25H23N5O3. The Morgan fingerprint density at radius 2 is 1.97 bits per heavy atom. The van der Waals surface area contributed by atoms with Gasteiger partial charge in [-0.1, -0.05) is 12.1 Å². The number of urea groups is 1. The Morgan fingerprint density at radius 3 is 2.76 bits per heavy atom. The fraction of sp³-hybridized carbons (Fsp3) is 0.160. The number of ether oxygens (including phenoxy) is 1. The number of fused-ring (bicyclic) bond motifs is 1. The average molecular weight is 441 g/mol. The summed E-state index contributed by atoms with van der Waals surface area (Å²) >= 11 is 0. The third kappa shape index (κ3) is 4.50. The van der Waals surface area contributed by atoms with E-state index in [-0.39, 0.29) is 11.9 Å². The molecule has 3 amide bonds. The van der Waals surface area contributed by atoms with Crippen LogP contribution in [0, 0.1) is 6.92 Å². The molecule has 0 aliphatic carbocycles. The lowest BCUT2D eigenvalue weighted by Gasteiger charge is -2.14. The zero-order valence-corrected chi connectivity index (χ0v) is 18.1. The van der Waals surface area contributed by atoms with Crippen LogP contribution in [0.1, 0.15) is 21.6 Å². The number of carbonyl (C=O) groups is 2.